The Hall–Kier alpha value is -0.910. The fourth-order valence-electron chi connectivity index (χ4n) is 2.78. The molecule has 0 aliphatic carbocycles. The SMILES string of the molecule is CC(C)C1CCN(S(=O)(=O)c2ccc(CCCO)cc2)C1. The highest BCUT2D eigenvalue weighted by atomic mass is 32.2. The maximum Gasteiger partial charge on any atom is 0.243 e. The average molecular weight is 311 g/mol. The Morgan fingerprint density at radius 3 is 2.48 bits per heavy atom. The molecule has 0 bridgehead atoms. The number of rotatable bonds is 6. The van der Waals surface area contributed by atoms with Crippen molar-refractivity contribution in [3.8, 4) is 0 Å². The van der Waals surface area contributed by atoms with Crippen LogP contribution < -0.4 is 0 Å². The second kappa shape index (κ2) is 6.90. The normalized spacial score (nSPS) is 20.3. The predicted octanol–water partition coefficient (Wildman–Crippen LogP) is 2.28. The maximum atomic E-state index is 12.6. The Bertz CT molecular complexity index is 551. The van der Waals surface area contributed by atoms with Crippen molar-refractivity contribution in [1.29, 1.82) is 0 Å². The summed E-state index contributed by atoms with van der Waals surface area (Å²) in [6, 6.07) is 7.06. The Balaban J connectivity index is 2.09. The second-order valence-electron chi connectivity index (χ2n) is 6.13. The van der Waals surface area contributed by atoms with Crippen LogP contribution in [0.1, 0.15) is 32.3 Å². The van der Waals surface area contributed by atoms with Crippen LogP contribution >= 0.6 is 0 Å². The number of hydrogen-bond acceptors (Lipinski definition) is 3. The van der Waals surface area contributed by atoms with Crippen LogP contribution in [0, 0.1) is 11.8 Å². The summed E-state index contributed by atoms with van der Waals surface area (Å²) in [6.07, 6.45) is 2.43. The van der Waals surface area contributed by atoms with E-state index in [1.54, 1.807) is 16.4 Å². The van der Waals surface area contributed by atoms with Gasteiger partial charge < -0.3 is 5.11 Å². The van der Waals surface area contributed by atoms with Gasteiger partial charge in [-0.15, -0.1) is 0 Å². The molecule has 1 saturated heterocycles. The number of sulfonamides is 1. The van der Waals surface area contributed by atoms with Crippen molar-refractivity contribution in [3.63, 3.8) is 0 Å². The molecular weight excluding hydrogens is 286 g/mol. The summed E-state index contributed by atoms with van der Waals surface area (Å²) in [4.78, 5) is 0.375. The smallest absolute Gasteiger partial charge is 0.243 e. The largest absolute Gasteiger partial charge is 0.396 e. The van der Waals surface area contributed by atoms with Crippen molar-refractivity contribution in [2.45, 2.75) is 38.0 Å². The molecule has 118 valence electrons. The van der Waals surface area contributed by atoms with Crippen LogP contribution in [0.3, 0.4) is 0 Å². The van der Waals surface area contributed by atoms with Gasteiger partial charge in [0, 0.05) is 19.7 Å². The molecule has 21 heavy (non-hydrogen) atoms. The van der Waals surface area contributed by atoms with Crippen LogP contribution in [-0.4, -0.2) is 37.5 Å². The summed E-state index contributed by atoms with van der Waals surface area (Å²) < 4.78 is 26.8. The van der Waals surface area contributed by atoms with Crippen LogP contribution in [-0.2, 0) is 16.4 Å². The Kier molecular flexibility index (Phi) is 5.41. The van der Waals surface area contributed by atoms with E-state index in [-0.39, 0.29) is 6.61 Å². The van der Waals surface area contributed by atoms with Crippen LogP contribution in [0.15, 0.2) is 29.2 Å². The molecule has 1 aliphatic heterocycles. The van der Waals surface area contributed by atoms with Gasteiger partial charge in [0.2, 0.25) is 10.0 Å². The summed E-state index contributed by atoms with van der Waals surface area (Å²) in [5.74, 6) is 0.981. The van der Waals surface area contributed by atoms with E-state index in [1.165, 1.54) is 0 Å². The molecule has 1 fully saturated rings. The first kappa shape index (κ1) is 16.5. The maximum absolute atomic E-state index is 12.6. The number of nitrogens with zero attached hydrogens (tertiary/aromatic N) is 1. The lowest BCUT2D eigenvalue weighted by Gasteiger charge is -2.18. The first-order chi connectivity index (χ1) is 9.95. The van der Waals surface area contributed by atoms with Gasteiger partial charge in [0.1, 0.15) is 0 Å². The van der Waals surface area contributed by atoms with Gasteiger partial charge in [0.25, 0.3) is 0 Å². The highest BCUT2D eigenvalue weighted by Gasteiger charge is 2.33. The second-order valence-corrected chi connectivity index (χ2v) is 8.06. The van der Waals surface area contributed by atoms with Crippen LogP contribution in [0.5, 0.6) is 0 Å². The highest BCUT2D eigenvalue weighted by Crippen LogP contribution is 2.28. The van der Waals surface area contributed by atoms with Crippen molar-refractivity contribution >= 4 is 10.0 Å². The monoisotopic (exact) mass is 311 g/mol. The van der Waals surface area contributed by atoms with Crippen molar-refractivity contribution in [1.82, 2.24) is 4.31 Å². The van der Waals surface area contributed by atoms with E-state index in [0.717, 1.165) is 18.4 Å². The minimum atomic E-state index is -3.36. The fraction of sp³-hybridized carbons (Fsp3) is 0.625. The first-order valence-corrected chi connectivity index (χ1v) is 9.09. The topological polar surface area (TPSA) is 57.6 Å². The quantitative estimate of drug-likeness (QED) is 0.877. The molecule has 1 aromatic carbocycles. The number of aryl methyl sites for hydroxylation is 1. The third-order valence-corrected chi connectivity index (χ3v) is 6.19. The summed E-state index contributed by atoms with van der Waals surface area (Å²) in [7, 11) is -3.36. The lowest BCUT2D eigenvalue weighted by molar-refractivity contribution is 0.288. The summed E-state index contributed by atoms with van der Waals surface area (Å²) in [5.41, 5.74) is 1.06. The van der Waals surface area contributed by atoms with Gasteiger partial charge in [-0.05, 0) is 48.8 Å². The zero-order chi connectivity index (χ0) is 15.5. The molecule has 5 heteroatoms. The van der Waals surface area contributed by atoms with Crippen molar-refractivity contribution in [2.75, 3.05) is 19.7 Å². The minimum absolute atomic E-state index is 0.157. The van der Waals surface area contributed by atoms with Crippen LogP contribution in [0.2, 0.25) is 0 Å². The van der Waals surface area contributed by atoms with E-state index in [0.29, 0.717) is 36.2 Å². The summed E-state index contributed by atoms with van der Waals surface area (Å²) in [5, 5.41) is 8.82. The van der Waals surface area contributed by atoms with Crippen LogP contribution in [0.25, 0.3) is 0 Å². The van der Waals surface area contributed by atoms with Crippen molar-refractivity contribution in [3.05, 3.63) is 29.8 Å². The standard InChI is InChI=1S/C16H25NO3S/c1-13(2)15-9-10-17(12-15)21(19,20)16-7-5-14(6-8-16)4-3-11-18/h5-8,13,15,18H,3-4,9-12H2,1-2H3. The molecular formula is C16H25NO3S. The van der Waals surface area contributed by atoms with Gasteiger partial charge in [0.15, 0.2) is 0 Å². The minimum Gasteiger partial charge on any atom is -0.396 e. The molecule has 1 unspecified atom stereocenters. The Labute approximate surface area is 127 Å². The molecule has 1 aliphatic rings. The number of aliphatic hydroxyl groups excluding tert-OH is 1. The van der Waals surface area contributed by atoms with Gasteiger partial charge in [-0.3, -0.25) is 0 Å². The molecule has 0 radical (unpaired) electrons. The molecule has 0 amide bonds. The van der Waals surface area contributed by atoms with E-state index in [9.17, 15) is 8.42 Å². The molecule has 1 heterocycles. The fourth-order valence-corrected chi connectivity index (χ4v) is 4.29. The highest BCUT2D eigenvalue weighted by molar-refractivity contribution is 7.89. The lowest BCUT2D eigenvalue weighted by Crippen LogP contribution is -2.29. The molecule has 0 aromatic heterocycles. The molecule has 0 spiro atoms. The number of aliphatic hydroxyl groups is 1. The number of hydrogen-bond donors (Lipinski definition) is 1. The third kappa shape index (κ3) is 3.84. The Morgan fingerprint density at radius 1 is 1.29 bits per heavy atom. The van der Waals surface area contributed by atoms with E-state index >= 15 is 0 Å². The number of benzene rings is 1. The zero-order valence-corrected chi connectivity index (χ0v) is 13.6. The van der Waals surface area contributed by atoms with E-state index < -0.39 is 10.0 Å². The van der Waals surface area contributed by atoms with Crippen LogP contribution in [0.4, 0.5) is 0 Å². The molecule has 4 nitrogen and oxygen atoms in total. The molecule has 1 aromatic rings. The molecule has 1 atom stereocenters. The van der Waals surface area contributed by atoms with Crippen molar-refractivity contribution in [2.24, 2.45) is 11.8 Å². The van der Waals surface area contributed by atoms with Gasteiger partial charge in [-0.1, -0.05) is 26.0 Å². The van der Waals surface area contributed by atoms with Gasteiger partial charge in [-0.25, -0.2) is 8.42 Å². The van der Waals surface area contributed by atoms with E-state index in [2.05, 4.69) is 13.8 Å². The molecule has 0 saturated carbocycles. The summed E-state index contributed by atoms with van der Waals surface area (Å²) >= 11 is 0. The van der Waals surface area contributed by atoms with E-state index in [4.69, 9.17) is 5.11 Å². The van der Waals surface area contributed by atoms with Gasteiger partial charge >= 0.3 is 0 Å². The van der Waals surface area contributed by atoms with Gasteiger partial charge in [0.05, 0.1) is 4.90 Å². The first-order valence-electron chi connectivity index (χ1n) is 7.65. The third-order valence-electron chi connectivity index (χ3n) is 4.31. The molecule has 1 N–H and O–H groups in total. The average Bonchev–Trinajstić information content (AvgIpc) is 2.96. The lowest BCUT2D eigenvalue weighted by atomic mass is 9.96. The Morgan fingerprint density at radius 2 is 1.95 bits per heavy atom. The predicted molar refractivity (Wildman–Crippen MR) is 83.6 cm³/mol. The van der Waals surface area contributed by atoms with Crippen molar-refractivity contribution < 1.29 is 13.5 Å². The van der Waals surface area contributed by atoms with Gasteiger partial charge in [-0.2, -0.15) is 4.31 Å². The summed E-state index contributed by atoms with van der Waals surface area (Å²) in [6.45, 7) is 5.71. The van der Waals surface area contributed by atoms with E-state index in [1.807, 2.05) is 12.1 Å². The molecule has 2 rings (SSSR count). The zero-order valence-electron chi connectivity index (χ0n) is 12.8.